The van der Waals surface area contributed by atoms with Crippen molar-refractivity contribution >= 4 is 29.4 Å². The van der Waals surface area contributed by atoms with E-state index in [1.807, 2.05) is 30.3 Å². The van der Waals surface area contributed by atoms with Crippen molar-refractivity contribution in [2.45, 2.75) is 11.7 Å². The van der Waals surface area contributed by atoms with Gasteiger partial charge in [-0.1, -0.05) is 36.4 Å². The molecule has 1 aliphatic rings. The van der Waals surface area contributed by atoms with Crippen LogP contribution in [0.1, 0.15) is 22.8 Å². The van der Waals surface area contributed by atoms with Gasteiger partial charge in [0.2, 0.25) is 11.8 Å². The SMILES string of the molecule is COCCCNC(=O)CN1C(=O)CS[C@H](c2ccc(F)cc2F)c2c(-c3ccccc3)nn(-c3ccc(OC)cc3)c21. The lowest BCUT2D eigenvalue weighted by Crippen LogP contribution is -2.42. The molecule has 0 unspecified atom stereocenters. The van der Waals surface area contributed by atoms with Gasteiger partial charge in [-0.05, 0) is 36.8 Å². The molecule has 1 aromatic heterocycles. The minimum atomic E-state index is -0.730. The number of carbonyl (C=O) groups is 2. The first-order valence-electron chi connectivity index (χ1n) is 13.4. The first kappa shape index (κ1) is 29.3. The molecule has 2 heterocycles. The van der Waals surface area contributed by atoms with Crippen molar-refractivity contribution in [1.82, 2.24) is 15.1 Å². The summed E-state index contributed by atoms with van der Waals surface area (Å²) in [5, 5.41) is 7.07. The van der Waals surface area contributed by atoms with Gasteiger partial charge in [0.15, 0.2) is 0 Å². The number of methoxy groups -OCH3 is 2. The minimum absolute atomic E-state index is 0.0377. The highest BCUT2D eigenvalue weighted by Crippen LogP contribution is 2.49. The van der Waals surface area contributed by atoms with Gasteiger partial charge in [-0.15, -0.1) is 11.8 Å². The molecule has 1 N–H and O–H groups in total. The van der Waals surface area contributed by atoms with Gasteiger partial charge in [0, 0.05) is 43.0 Å². The van der Waals surface area contributed by atoms with Gasteiger partial charge in [-0.25, -0.2) is 13.5 Å². The van der Waals surface area contributed by atoms with Gasteiger partial charge in [-0.3, -0.25) is 14.5 Å². The van der Waals surface area contributed by atoms with Crippen molar-refractivity contribution < 1.29 is 27.8 Å². The van der Waals surface area contributed by atoms with Crippen LogP contribution in [0.4, 0.5) is 14.6 Å². The van der Waals surface area contributed by atoms with E-state index in [2.05, 4.69) is 5.32 Å². The van der Waals surface area contributed by atoms with Gasteiger partial charge in [0.1, 0.15) is 29.7 Å². The van der Waals surface area contributed by atoms with Crippen LogP contribution in [-0.4, -0.2) is 61.3 Å². The Morgan fingerprint density at radius 3 is 2.52 bits per heavy atom. The minimum Gasteiger partial charge on any atom is -0.497 e. The summed E-state index contributed by atoms with van der Waals surface area (Å²) < 4.78 is 41.3. The number of fused-ring (bicyclic) bond motifs is 1. The number of hydrogen-bond acceptors (Lipinski definition) is 6. The monoisotopic (exact) mass is 592 g/mol. The first-order valence-corrected chi connectivity index (χ1v) is 14.4. The summed E-state index contributed by atoms with van der Waals surface area (Å²) in [4.78, 5) is 28.2. The Labute approximate surface area is 246 Å². The molecule has 0 spiro atoms. The van der Waals surface area contributed by atoms with E-state index in [4.69, 9.17) is 14.6 Å². The summed E-state index contributed by atoms with van der Waals surface area (Å²) >= 11 is 1.21. The molecule has 1 atom stereocenters. The normalized spacial score (nSPS) is 14.8. The predicted molar refractivity (Wildman–Crippen MR) is 158 cm³/mol. The number of carbonyl (C=O) groups excluding carboxylic acids is 2. The van der Waals surface area contributed by atoms with Crippen LogP contribution in [0.15, 0.2) is 72.8 Å². The molecular formula is C31H30F2N4O4S. The number of ether oxygens (including phenoxy) is 2. The number of nitrogens with zero attached hydrogens (tertiary/aromatic N) is 3. The second kappa shape index (κ2) is 13.2. The molecule has 0 saturated carbocycles. The van der Waals surface area contributed by atoms with E-state index in [9.17, 15) is 14.0 Å². The van der Waals surface area contributed by atoms with Crippen LogP contribution in [0, 0.1) is 11.6 Å². The standard InChI is InChI=1S/C31H30F2N4O4S/c1-40-16-6-15-34-26(38)18-36-27(39)19-42-30(24-14-9-21(32)17-25(24)33)28-29(20-7-4-3-5-8-20)35-37(31(28)36)22-10-12-23(41-2)13-11-22/h3-5,7-14,17,30H,6,15-16,18-19H2,1-2H3,(H,34,38)/t30-/m1/s1. The number of thioether (sulfide) groups is 1. The number of anilines is 1. The Morgan fingerprint density at radius 2 is 1.83 bits per heavy atom. The lowest BCUT2D eigenvalue weighted by atomic mass is 9.99. The topological polar surface area (TPSA) is 85.7 Å². The van der Waals surface area contributed by atoms with Gasteiger partial charge >= 0.3 is 0 Å². The molecule has 0 saturated heterocycles. The molecule has 218 valence electrons. The molecule has 0 aliphatic carbocycles. The zero-order valence-corrected chi connectivity index (χ0v) is 24.0. The predicted octanol–water partition coefficient (Wildman–Crippen LogP) is 5.15. The van der Waals surface area contributed by atoms with E-state index in [1.165, 1.54) is 28.8 Å². The molecule has 4 aromatic rings. The molecule has 5 rings (SSSR count). The average molecular weight is 593 g/mol. The third-order valence-corrected chi connectivity index (χ3v) is 8.08. The summed E-state index contributed by atoms with van der Waals surface area (Å²) in [5.74, 6) is -1.19. The van der Waals surface area contributed by atoms with Gasteiger partial charge in [0.05, 0.1) is 29.5 Å². The Hall–Kier alpha value is -4.22. The number of hydrogen-bond donors (Lipinski definition) is 1. The maximum atomic E-state index is 15.3. The number of rotatable bonds is 10. The van der Waals surface area contributed by atoms with E-state index >= 15 is 4.39 Å². The van der Waals surface area contributed by atoms with Crippen LogP contribution in [0.3, 0.4) is 0 Å². The fourth-order valence-electron chi connectivity index (χ4n) is 4.84. The van der Waals surface area contributed by atoms with Crippen molar-refractivity contribution in [3.8, 4) is 22.7 Å². The molecule has 0 fully saturated rings. The number of aromatic nitrogens is 2. The number of halogens is 2. The molecule has 8 nitrogen and oxygen atoms in total. The van der Waals surface area contributed by atoms with Crippen molar-refractivity contribution in [3.63, 3.8) is 0 Å². The first-order chi connectivity index (χ1) is 20.4. The van der Waals surface area contributed by atoms with Gasteiger partial charge in [-0.2, -0.15) is 5.10 Å². The molecular weight excluding hydrogens is 562 g/mol. The van der Waals surface area contributed by atoms with Crippen molar-refractivity contribution in [2.75, 3.05) is 44.6 Å². The van der Waals surface area contributed by atoms with Crippen LogP contribution in [0.5, 0.6) is 5.75 Å². The Balaban J connectivity index is 1.72. The maximum absolute atomic E-state index is 15.3. The molecule has 11 heteroatoms. The van der Waals surface area contributed by atoms with Gasteiger partial charge in [0.25, 0.3) is 0 Å². The lowest BCUT2D eigenvalue weighted by Gasteiger charge is -2.23. The highest BCUT2D eigenvalue weighted by atomic mass is 32.2. The summed E-state index contributed by atoms with van der Waals surface area (Å²) in [5.41, 5.74) is 2.63. The summed E-state index contributed by atoms with van der Waals surface area (Å²) in [6.45, 7) is 0.597. The quantitative estimate of drug-likeness (QED) is 0.257. The number of amides is 2. The Kier molecular flexibility index (Phi) is 9.19. The highest BCUT2D eigenvalue weighted by Gasteiger charge is 2.38. The van der Waals surface area contributed by atoms with Crippen LogP contribution in [-0.2, 0) is 14.3 Å². The highest BCUT2D eigenvalue weighted by molar-refractivity contribution is 8.00. The second-order valence-electron chi connectivity index (χ2n) is 9.59. The van der Waals surface area contributed by atoms with Gasteiger partial charge < -0.3 is 14.8 Å². The largest absolute Gasteiger partial charge is 0.497 e. The summed E-state index contributed by atoms with van der Waals surface area (Å²) in [6, 6.07) is 19.9. The Morgan fingerprint density at radius 1 is 1.07 bits per heavy atom. The average Bonchev–Trinajstić information content (AvgIpc) is 3.33. The van der Waals surface area contributed by atoms with Crippen LogP contribution in [0.2, 0.25) is 0 Å². The Bertz CT molecular complexity index is 1560. The second-order valence-corrected chi connectivity index (χ2v) is 10.7. The fraction of sp³-hybridized carbons (Fsp3) is 0.258. The van der Waals surface area contributed by atoms with Crippen molar-refractivity contribution in [3.05, 3.63) is 95.6 Å². The summed E-state index contributed by atoms with van der Waals surface area (Å²) in [7, 11) is 3.15. The van der Waals surface area contributed by atoms with Crippen LogP contribution < -0.4 is 15.0 Å². The zero-order valence-electron chi connectivity index (χ0n) is 23.2. The van der Waals surface area contributed by atoms with Crippen LogP contribution >= 0.6 is 11.8 Å². The number of benzene rings is 3. The molecule has 1 aliphatic heterocycles. The molecule has 0 bridgehead atoms. The van der Waals surface area contributed by atoms with Crippen molar-refractivity contribution in [1.29, 1.82) is 0 Å². The van der Waals surface area contributed by atoms with E-state index in [0.29, 0.717) is 48.1 Å². The third kappa shape index (κ3) is 6.17. The van der Waals surface area contributed by atoms with E-state index in [-0.39, 0.29) is 29.7 Å². The molecule has 0 radical (unpaired) electrons. The van der Waals surface area contributed by atoms with Crippen LogP contribution in [0.25, 0.3) is 16.9 Å². The summed E-state index contributed by atoms with van der Waals surface area (Å²) in [6.07, 6.45) is 0.616. The molecule has 2 amide bonds. The lowest BCUT2D eigenvalue weighted by molar-refractivity contribution is -0.122. The van der Waals surface area contributed by atoms with E-state index < -0.39 is 16.9 Å². The number of nitrogens with one attached hydrogen (secondary N) is 1. The zero-order chi connectivity index (χ0) is 29.6. The van der Waals surface area contributed by atoms with Crippen molar-refractivity contribution in [2.24, 2.45) is 0 Å². The fourth-order valence-corrected chi connectivity index (χ4v) is 6.05. The smallest absolute Gasteiger partial charge is 0.240 e. The van der Waals surface area contributed by atoms with E-state index in [1.54, 1.807) is 43.2 Å². The third-order valence-electron chi connectivity index (χ3n) is 6.85. The van der Waals surface area contributed by atoms with E-state index in [0.717, 1.165) is 11.6 Å². The molecule has 3 aromatic carbocycles. The molecule has 42 heavy (non-hydrogen) atoms. The maximum Gasteiger partial charge on any atom is 0.240 e.